The van der Waals surface area contributed by atoms with Crippen molar-refractivity contribution < 1.29 is 9.47 Å². The number of imidazole rings is 1. The van der Waals surface area contributed by atoms with Crippen LogP contribution in [0.3, 0.4) is 0 Å². The molecule has 1 atom stereocenters. The molecule has 2 rings (SSSR count). The summed E-state index contributed by atoms with van der Waals surface area (Å²) in [6, 6.07) is 3.86. The summed E-state index contributed by atoms with van der Waals surface area (Å²) in [5.41, 5.74) is 1.62. The Morgan fingerprint density at radius 3 is 2.62 bits per heavy atom. The normalized spacial score (nSPS) is 13.0. The van der Waals surface area contributed by atoms with Crippen molar-refractivity contribution in [1.82, 2.24) is 14.5 Å². The maximum Gasteiger partial charge on any atom is 0.215 e. The monoisotopic (exact) mass is 311 g/mol. The molecular formula is C15H22ClN3O2. The fourth-order valence-electron chi connectivity index (χ4n) is 2.36. The van der Waals surface area contributed by atoms with Crippen LogP contribution in [0.25, 0.3) is 11.2 Å². The first-order valence-corrected chi connectivity index (χ1v) is 7.71. The van der Waals surface area contributed by atoms with Gasteiger partial charge in [0.15, 0.2) is 5.65 Å². The molecule has 0 spiro atoms. The number of nitrogens with zero attached hydrogens (tertiary/aromatic N) is 3. The van der Waals surface area contributed by atoms with Gasteiger partial charge in [-0.1, -0.05) is 13.8 Å². The van der Waals surface area contributed by atoms with Gasteiger partial charge in [-0.2, -0.15) is 4.98 Å². The Morgan fingerprint density at radius 1 is 1.29 bits per heavy atom. The van der Waals surface area contributed by atoms with Crippen LogP contribution in [0.5, 0.6) is 5.88 Å². The van der Waals surface area contributed by atoms with Crippen LogP contribution in [-0.4, -0.2) is 34.9 Å². The van der Waals surface area contributed by atoms with E-state index in [4.69, 9.17) is 21.1 Å². The number of hydrogen-bond donors (Lipinski definition) is 0. The van der Waals surface area contributed by atoms with Crippen molar-refractivity contribution in [2.45, 2.75) is 32.7 Å². The number of halogens is 1. The molecule has 2 heterocycles. The average molecular weight is 312 g/mol. The van der Waals surface area contributed by atoms with E-state index < -0.39 is 0 Å². The predicted octanol–water partition coefficient (Wildman–Crippen LogP) is 3.41. The molecule has 2 aromatic heterocycles. The third-order valence-corrected chi connectivity index (χ3v) is 3.75. The molecule has 5 nitrogen and oxygen atoms in total. The summed E-state index contributed by atoms with van der Waals surface area (Å²) in [5.74, 6) is 2.10. The van der Waals surface area contributed by atoms with Crippen LogP contribution in [-0.2, 0) is 10.6 Å². The van der Waals surface area contributed by atoms with E-state index in [-0.39, 0.29) is 6.04 Å². The maximum absolute atomic E-state index is 6.08. The van der Waals surface area contributed by atoms with Crippen molar-refractivity contribution in [1.29, 1.82) is 0 Å². The topological polar surface area (TPSA) is 49.2 Å². The summed E-state index contributed by atoms with van der Waals surface area (Å²) in [7, 11) is 1.61. The van der Waals surface area contributed by atoms with Crippen molar-refractivity contribution in [3.63, 3.8) is 0 Å². The van der Waals surface area contributed by atoms with Gasteiger partial charge in [-0.3, -0.25) is 0 Å². The highest BCUT2D eigenvalue weighted by Gasteiger charge is 2.23. The Labute approximate surface area is 130 Å². The van der Waals surface area contributed by atoms with Crippen LogP contribution >= 0.6 is 11.6 Å². The summed E-state index contributed by atoms with van der Waals surface area (Å²) in [4.78, 5) is 9.11. The Morgan fingerprint density at radius 2 is 2.05 bits per heavy atom. The van der Waals surface area contributed by atoms with Gasteiger partial charge < -0.3 is 14.0 Å². The SMILES string of the molecule is CCOCC(C(C)C)n1c(CCl)nc2ccc(OC)nc21. The molecule has 0 saturated heterocycles. The molecule has 0 bridgehead atoms. The van der Waals surface area contributed by atoms with Gasteiger partial charge in [0.05, 0.1) is 25.6 Å². The number of methoxy groups -OCH3 is 1. The van der Waals surface area contributed by atoms with Crippen molar-refractivity contribution in [2.75, 3.05) is 20.3 Å². The zero-order valence-corrected chi connectivity index (χ0v) is 13.7. The zero-order valence-electron chi connectivity index (χ0n) is 13.0. The summed E-state index contributed by atoms with van der Waals surface area (Å²) in [6.07, 6.45) is 0. The van der Waals surface area contributed by atoms with Gasteiger partial charge in [0.1, 0.15) is 11.3 Å². The molecule has 0 aliphatic heterocycles. The Kier molecular flexibility index (Phi) is 5.42. The van der Waals surface area contributed by atoms with Gasteiger partial charge in [-0.15, -0.1) is 11.6 Å². The number of ether oxygens (including phenoxy) is 2. The highest BCUT2D eigenvalue weighted by Crippen LogP contribution is 2.27. The molecule has 116 valence electrons. The number of rotatable bonds is 7. The van der Waals surface area contributed by atoms with E-state index in [1.165, 1.54) is 0 Å². The molecule has 0 amide bonds. The van der Waals surface area contributed by atoms with E-state index in [1.54, 1.807) is 7.11 Å². The van der Waals surface area contributed by atoms with Crippen molar-refractivity contribution in [3.05, 3.63) is 18.0 Å². The maximum atomic E-state index is 6.08. The quantitative estimate of drug-likeness (QED) is 0.735. The summed E-state index contributed by atoms with van der Waals surface area (Å²) >= 11 is 6.08. The number of fused-ring (bicyclic) bond motifs is 1. The fourth-order valence-corrected chi connectivity index (χ4v) is 2.55. The molecule has 21 heavy (non-hydrogen) atoms. The molecule has 0 fully saturated rings. The molecule has 0 radical (unpaired) electrons. The first-order valence-electron chi connectivity index (χ1n) is 7.17. The number of alkyl halides is 1. The van der Waals surface area contributed by atoms with Crippen molar-refractivity contribution in [2.24, 2.45) is 5.92 Å². The molecule has 6 heteroatoms. The lowest BCUT2D eigenvalue weighted by Crippen LogP contribution is -2.23. The van der Waals surface area contributed by atoms with E-state index >= 15 is 0 Å². The standard InChI is InChI=1S/C15H22ClN3O2/c1-5-21-9-12(10(2)3)19-13(8-16)17-11-6-7-14(20-4)18-15(11)19/h6-7,10,12H,5,8-9H2,1-4H3. The lowest BCUT2D eigenvalue weighted by Gasteiger charge is -2.24. The van der Waals surface area contributed by atoms with E-state index in [9.17, 15) is 0 Å². The van der Waals surface area contributed by atoms with Gasteiger partial charge in [-0.05, 0) is 18.9 Å². The Balaban J connectivity index is 2.56. The minimum Gasteiger partial charge on any atom is -0.481 e. The van der Waals surface area contributed by atoms with Gasteiger partial charge in [0, 0.05) is 12.7 Å². The Bertz CT molecular complexity index is 598. The molecule has 2 aromatic rings. The van der Waals surface area contributed by atoms with Crippen molar-refractivity contribution in [3.8, 4) is 5.88 Å². The largest absolute Gasteiger partial charge is 0.481 e. The predicted molar refractivity (Wildman–Crippen MR) is 84.0 cm³/mol. The molecule has 0 aliphatic carbocycles. The minimum atomic E-state index is 0.142. The molecular weight excluding hydrogens is 290 g/mol. The summed E-state index contributed by atoms with van der Waals surface area (Å²) in [6.45, 7) is 7.61. The van der Waals surface area contributed by atoms with Crippen molar-refractivity contribution >= 4 is 22.8 Å². The Hall–Kier alpha value is -1.33. The zero-order chi connectivity index (χ0) is 15.4. The van der Waals surface area contributed by atoms with Crippen LogP contribution in [0.2, 0.25) is 0 Å². The smallest absolute Gasteiger partial charge is 0.215 e. The van der Waals surface area contributed by atoms with Gasteiger partial charge in [0.25, 0.3) is 0 Å². The van der Waals surface area contributed by atoms with E-state index in [0.717, 1.165) is 17.0 Å². The second-order valence-corrected chi connectivity index (χ2v) is 5.47. The summed E-state index contributed by atoms with van der Waals surface area (Å²) < 4.78 is 12.9. The molecule has 0 aliphatic rings. The van der Waals surface area contributed by atoms with Crippen LogP contribution in [0.1, 0.15) is 32.6 Å². The van der Waals surface area contributed by atoms with E-state index in [1.807, 2.05) is 19.1 Å². The molecule has 1 unspecified atom stereocenters. The van der Waals surface area contributed by atoms with Crippen LogP contribution < -0.4 is 4.74 Å². The van der Waals surface area contributed by atoms with Gasteiger partial charge in [0.2, 0.25) is 5.88 Å². The second-order valence-electron chi connectivity index (χ2n) is 5.20. The number of pyridine rings is 1. The first kappa shape index (κ1) is 16.0. The van der Waals surface area contributed by atoms with E-state index in [0.29, 0.717) is 30.9 Å². The summed E-state index contributed by atoms with van der Waals surface area (Å²) in [5, 5.41) is 0. The minimum absolute atomic E-state index is 0.142. The lowest BCUT2D eigenvalue weighted by atomic mass is 10.1. The van der Waals surface area contributed by atoms with Crippen LogP contribution in [0.4, 0.5) is 0 Å². The third-order valence-electron chi connectivity index (χ3n) is 3.51. The van der Waals surface area contributed by atoms with Crippen LogP contribution in [0, 0.1) is 5.92 Å². The van der Waals surface area contributed by atoms with Gasteiger partial charge in [-0.25, -0.2) is 4.98 Å². The number of hydrogen-bond acceptors (Lipinski definition) is 4. The molecule has 0 saturated carbocycles. The molecule has 0 N–H and O–H groups in total. The number of aromatic nitrogens is 3. The lowest BCUT2D eigenvalue weighted by molar-refractivity contribution is 0.0968. The highest BCUT2D eigenvalue weighted by molar-refractivity contribution is 6.16. The van der Waals surface area contributed by atoms with Crippen LogP contribution in [0.15, 0.2) is 12.1 Å². The van der Waals surface area contributed by atoms with Gasteiger partial charge >= 0.3 is 0 Å². The van der Waals surface area contributed by atoms with E-state index in [2.05, 4.69) is 28.4 Å². The average Bonchev–Trinajstić information content (AvgIpc) is 2.85. The molecule has 0 aromatic carbocycles. The third kappa shape index (κ3) is 3.30. The first-order chi connectivity index (χ1) is 10.1. The highest BCUT2D eigenvalue weighted by atomic mass is 35.5. The fraction of sp³-hybridized carbons (Fsp3) is 0.600. The second kappa shape index (κ2) is 7.09.